The zero-order valence-corrected chi connectivity index (χ0v) is 19.2. The molecule has 0 unspecified atom stereocenters. The van der Waals surface area contributed by atoms with Crippen molar-refractivity contribution in [2.24, 2.45) is 0 Å². The van der Waals surface area contributed by atoms with Gasteiger partial charge in [0.05, 0.1) is 17.9 Å². The van der Waals surface area contributed by atoms with Crippen LogP contribution >= 0.6 is 0 Å². The van der Waals surface area contributed by atoms with Crippen LogP contribution in [-0.4, -0.2) is 58.9 Å². The number of halogens is 1. The number of aromatic hydroxyl groups is 1. The number of benzene rings is 1. The highest BCUT2D eigenvalue weighted by Gasteiger charge is 2.27. The lowest BCUT2D eigenvalue weighted by Crippen LogP contribution is -2.48. The van der Waals surface area contributed by atoms with Crippen LogP contribution in [0.4, 0.5) is 15.8 Å². The Hall–Kier alpha value is -3.79. The number of ketones is 1. The third-order valence-electron chi connectivity index (χ3n) is 6.54. The van der Waals surface area contributed by atoms with E-state index in [4.69, 9.17) is 0 Å². The summed E-state index contributed by atoms with van der Waals surface area (Å²) in [4.78, 5) is 47.0. The number of carbonyl (C=O) groups excluding carboxylic acids is 2. The summed E-state index contributed by atoms with van der Waals surface area (Å²) in [6.45, 7) is 2.79. The second-order valence-corrected chi connectivity index (χ2v) is 8.86. The maximum Gasteiger partial charge on any atom is 0.300 e. The SMILES string of the molecule is O=C(CCc1ccc(F)cc1)c1nc2c(N3CCNCC3=O)cc(N3CCCC3)cn2c(=O)c1O. The number of aromatic nitrogens is 2. The van der Waals surface area contributed by atoms with Crippen molar-refractivity contribution in [1.29, 1.82) is 0 Å². The van der Waals surface area contributed by atoms with E-state index >= 15 is 0 Å². The van der Waals surface area contributed by atoms with Crippen molar-refractivity contribution in [3.8, 4) is 5.75 Å². The monoisotopic (exact) mass is 479 g/mol. The van der Waals surface area contributed by atoms with Gasteiger partial charge in [-0.3, -0.25) is 18.8 Å². The molecule has 0 radical (unpaired) electrons. The molecule has 5 rings (SSSR count). The minimum absolute atomic E-state index is 0.0183. The summed E-state index contributed by atoms with van der Waals surface area (Å²) in [7, 11) is 0. The first-order valence-corrected chi connectivity index (χ1v) is 11.8. The number of rotatable bonds is 6. The first-order chi connectivity index (χ1) is 16.9. The third-order valence-corrected chi connectivity index (χ3v) is 6.54. The predicted molar refractivity (Wildman–Crippen MR) is 129 cm³/mol. The van der Waals surface area contributed by atoms with Crippen LogP contribution in [0.3, 0.4) is 0 Å². The van der Waals surface area contributed by atoms with E-state index in [9.17, 15) is 23.9 Å². The van der Waals surface area contributed by atoms with Gasteiger partial charge in [0, 0.05) is 38.8 Å². The zero-order valence-electron chi connectivity index (χ0n) is 19.2. The number of Topliss-reactive ketones (excluding diaryl/α,β-unsaturated/α-hetero) is 1. The van der Waals surface area contributed by atoms with Gasteiger partial charge in [-0.25, -0.2) is 9.37 Å². The summed E-state index contributed by atoms with van der Waals surface area (Å²) < 4.78 is 14.4. The van der Waals surface area contributed by atoms with Gasteiger partial charge in [-0.1, -0.05) is 12.1 Å². The molecule has 2 saturated heterocycles. The van der Waals surface area contributed by atoms with E-state index in [2.05, 4.69) is 15.2 Å². The lowest BCUT2D eigenvalue weighted by Gasteiger charge is -2.29. The van der Waals surface area contributed by atoms with Crippen molar-refractivity contribution in [2.75, 3.05) is 42.5 Å². The number of hydrogen-bond acceptors (Lipinski definition) is 7. The molecule has 0 bridgehead atoms. The number of piperazine rings is 1. The van der Waals surface area contributed by atoms with Crippen molar-refractivity contribution in [3.63, 3.8) is 0 Å². The molecule has 4 heterocycles. The minimum Gasteiger partial charge on any atom is -0.501 e. The predicted octanol–water partition coefficient (Wildman–Crippen LogP) is 1.89. The topological polar surface area (TPSA) is 107 Å². The molecule has 2 aliphatic heterocycles. The fourth-order valence-electron chi connectivity index (χ4n) is 4.63. The number of anilines is 2. The van der Waals surface area contributed by atoms with Crippen LogP contribution < -0.4 is 20.7 Å². The Bertz CT molecular complexity index is 1350. The molecule has 10 heteroatoms. The molecule has 2 aliphatic rings. The largest absolute Gasteiger partial charge is 0.501 e. The fourth-order valence-corrected chi connectivity index (χ4v) is 4.63. The number of fused-ring (bicyclic) bond motifs is 1. The van der Waals surface area contributed by atoms with Crippen LogP contribution in [0, 0.1) is 5.82 Å². The van der Waals surface area contributed by atoms with Crippen molar-refractivity contribution in [2.45, 2.75) is 25.7 Å². The summed E-state index contributed by atoms with van der Waals surface area (Å²) in [6, 6.07) is 7.62. The average molecular weight is 480 g/mol. The van der Waals surface area contributed by atoms with Gasteiger partial charge in [-0.15, -0.1) is 0 Å². The number of hydrogen-bond donors (Lipinski definition) is 2. The van der Waals surface area contributed by atoms with Gasteiger partial charge in [0.1, 0.15) is 5.82 Å². The molecular formula is C25H26FN5O4. The molecule has 2 N–H and O–H groups in total. The molecule has 1 aromatic carbocycles. The van der Waals surface area contributed by atoms with E-state index in [0.29, 0.717) is 25.2 Å². The number of nitrogens with zero attached hydrogens (tertiary/aromatic N) is 4. The molecule has 3 aromatic rings. The van der Waals surface area contributed by atoms with Crippen LogP contribution in [0.1, 0.15) is 35.3 Å². The van der Waals surface area contributed by atoms with Gasteiger partial charge in [-0.05, 0) is 43.0 Å². The van der Waals surface area contributed by atoms with Gasteiger partial charge in [0.2, 0.25) is 11.7 Å². The van der Waals surface area contributed by atoms with E-state index in [0.717, 1.165) is 37.2 Å². The Labute approximate surface area is 200 Å². The van der Waals surface area contributed by atoms with E-state index in [1.807, 2.05) is 6.07 Å². The molecule has 2 fully saturated rings. The quantitative estimate of drug-likeness (QED) is 0.520. The zero-order chi connectivity index (χ0) is 24.5. The molecule has 0 saturated carbocycles. The molecule has 2 aromatic heterocycles. The maximum absolute atomic E-state index is 13.2. The van der Waals surface area contributed by atoms with Crippen molar-refractivity contribution < 1.29 is 19.1 Å². The average Bonchev–Trinajstić information content (AvgIpc) is 3.41. The van der Waals surface area contributed by atoms with Gasteiger partial charge < -0.3 is 20.2 Å². The molecular weight excluding hydrogens is 453 g/mol. The lowest BCUT2D eigenvalue weighted by molar-refractivity contribution is -0.118. The summed E-state index contributed by atoms with van der Waals surface area (Å²) >= 11 is 0. The first-order valence-electron chi connectivity index (χ1n) is 11.8. The number of aryl methyl sites for hydroxylation is 1. The Balaban J connectivity index is 1.57. The van der Waals surface area contributed by atoms with Crippen molar-refractivity contribution in [3.05, 3.63) is 64.0 Å². The van der Waals surface area contributed by atoms with Crippen LogP contribution in [-0.2, 0) is 11.2 Å². The van der Waals surface area contributed by atoms with Gasteiger partial charge >= 0.3 is 5.56 Å². The Morgan fingerprint density at radius 2 is 1.86 bits per heavy atom. The molecule has 1 amide bonds. The lowest BCUT2D eigenvalue weighted by atomic mass is 10.1. The second kappa shape index (κ2) is 9.46. The molecule has 9 nitrogen and oxygen atoms in total. The highest BCUT2D eigenvalue weighted by Crippen LogP contribution is 2.30. The van der Waals surface area contributed by atoms with Crippen molar-refractivity contribution >= 4 is 28.7 Å². The number of pyridine rings is 1. The normalized spacial score (nSPS) is 16.3. The van der Waals surface area contributed by atoms with E-state index in [1.165, 1.54) is 16.5 Å². The molecule has 0 atom stereocenters. The second-order valence-electron chi connectivity index (χ2n) is 8.86. The fraction of sp³-hybridized carbons (Fsp3) is 0.360. The number of nitrogens with one attached hydrogen (secondary N) is 1. The molecule has 182 valence electrons. The number of carbonyl (C=O) groups is 2. The van der Waals surface area contributed by atoms with Crippen molar-refractivity contribution in [1.82, 2.24) is 14.7 Å². The van der Waals surface area contributed by atoms with E-state index in [1.54, 1.807) is 23.2 Å². The highest BCUT2D eigenvalue weighted by atomic mass is 19.1. The highest BCUT2D eigenvalue weighted by molar-refractivity contribution is 6.01. The Kier molecular flexibility index (Phi) is 6.21. The standard InChI is InChI=1S/C25H26FN5O4/c26-17-6-3-16(4-7-17)5-8-20(32)22-23(34)25(35)31-15-18(29-10-1-2-11-29)13-19(24(31)28-22)30-12-9-27-14-21(30)33/h3-4,6-7,13,15,27,34H,1-2,5,8-12,14H2. The summed E-state index contributed by atoms with van der Waals surface area (Å²) in [6.07, 6.45) is 3.95. The van der Waals surface area contributed by atoms with Crippen LogP contribution in [0.15, 0.2) is 41.3 Å². The van der Waals surface area contributed by atoms with E-state index < -0.39 is 17.1 Å². The minimum atomic E-state index is -0.759. The summed E-state index contributed by atoms with van der Waals surface area (Å²) in [5.41, 5.74) is 1.01. The number of amides is 1. The van der Waals surface area contributed by atoms with Gasteiger partial charge in [0.25, 0.3) is 0 Å². The first kappa shape index (κ1) is 23.0. The third kappa shape index (κ3) is 4.49. The van der Waals surface area contributed by atoms with E-state index in [-0.39, 0.29) is 36.0 Å². The summed E-state index contributed by atoms with van der Waals surface area (Å²) in [5, 5.41) is 13.7. The molecule has 0 spiro atoms. The van der Waals surface area contributed by atoms with Gasteiger partial charge in [-0.2, -0.15) is 0 Å². The molecule has 0 aliphatic carbocycles. The Morgan fingerprint density at radius 1 is 1.11 bits per heavy atom. The van der Waals surface area contributed by atoms with Crippen LogP contribution in [0.25, 0.3) is 5.65 Å². The molecule has 35 heavy (non-hydrogen) atoms. The smallest absolute Gasteiger partial charge is 0.300 e. The van der Waals surface area contributed by atoms with Gasteiger partial charge in [0.15, 0.2) is 17.1 Å². The van der Waals surface area contributed by atoms with Crippen LogP contribution in [0.5, 0.6) is 5.75 Å². The maximum atomic E-state index is 13.2. The Morgan fingerprint density at radius 3 is 2.57 bits per heavy atom. The van der Waals surface area contributed by atoms with Crippen LogP contribution in [0.2, 0.25) is 0 Å². The summed E-state index contributed by atoms with van der Waals surface area (Å²) in [5.74, 6) is -1.76.